The van der Waals surface area contributed by atoms with E-state index in [1.807, 2.05) is 24.3 Å². The number of ether oxygens (including phenoxy) is 1. The smallest absolute Gasteiger partial charge is 0.337 e. The van der Waals surface area contributed by atoms with Gasteiger partial charge in [0.05, 0.1) is 10.4 Å². The van der Waals surface area contributed by atoms with Gasteiger partial charge in [-0.05, 0) is 48.8 Å². The number of aromatic carboxylic acids is 1. The Labute approximate surface area is 163 Å². The van der Waals surface area contributed by atoms with Crippen molar-refractivity contribution < 1.29 is 14.6 Å². The molecule has 4 rings (SSSR count). The molecule has 2 aromatic rings. The molecule has 6 heteroatoms. The fraction of sp³-hybridized carbons (Fsp3) is 0.476. The van der Waals surface area contributed by atoms with Crippen molar-refractivity contribution in [3.8, 4) is 16.2 Å². The Bertz CT molecular complexity index is 874. The standard InChI is InChI=1S/C21H26N2O3S/c1-21(2)9-7-17-15(11-21)18(20(24)25)19(27-17)14-5-3-4-6-16(14)26-13-8-10-23(22)12-13/h3-6,13H,7-12,22H2,1-2H3,(H,24,25)/t13-/m1/s1. The van der Waals surface area contributed by atoms with E-state index in [-0.39, 0.29) is 11.5 Å². The van der Waals surface area contributed by atoms with E-state index in [9.17, 15) is 9.90 Å². The molecule has 1 aromatic heterocycles. The van der Waals surface area contributed by atoms with E-state index in [1.165, 1.54) is 4.88 Å². The minimum absolute atomic E-state index is 0.0398. The maximum atomic E-state index is 12.2. The molecule has 1 saturated heterocycles. The zero-order chi connectivity index (χ0) is 19.2. The molecule has 1 atom stereocenters. The highest BCUT2D eigenvalue weighted by atomic mass is 32.1. The van der Waals surface area contributed by atoms with Crippen LogP contribution in [0.25, 0.3) is 10.4 Å². The van der Waals surface area contributed by atoms with Crippen LogP contribution in [0.1, 0.15) is 47.5 Å². The molecule has 0 saturated carbocycles. The molecule has 1 aliphatic carbocycles. The van der Waals surface area contributed by atoms with E-state index in [1.54, 1.807) is 16.3 Å². The van der Waals surface area contributed by atoms with Crippen molar-refractivity contribution in [1.29, 1.82) is 0 Å². The number of fused-ring (bicyclic) bond motifs is 1. The Kier molecular flexibility index (Phi) is 4.74. The van der Waals surface area contributed by atoms with Gasteiger partial charge in [0.15, 0.2) is 0 Å². The molecule has 0 spiro atoms. The van der Waals surface area contributed by atoms with Gasteiger partial charge in [0.2, 0.25) is 0 Å². The van der Waals surface area contributed by atoms with Crippen LogP contribution in [0.5, 0.6) is 5.75 Å². The summed E-state index contributed by atoms with van der Waals surface area (Å²) >= 11 is 1.62. The van der Waals surface area contributed by atoms with Crippen LogP contribution in [-0.4, -0.2) is 35.3 Å². The number of aryl methyl sites for hydroxylation is 1. The number of hydrogen-bond acceptors (Lipinski definition) is 5. The number of nitrogens with zero attached hydrogens (tertiary/aromatic N) is 1. The molecular weight excluding hydrogens is 360 g/mol. The molecule has 3 N–H and O–H groups in total. The lowest BCUT2D eigenvalue weighted by Crippen LogP contribution is -2.30. The molecular formula is C21H26N2O3S. The lowest BCUT2D eigenvalue weighted by molar-refractivity contribution is 0.0696. The number of carboxylic acids is 1. The van der Waals surface area contributed by atoms with Crippen LogP contribution in [0.2, 0.25) is 0 Å². The van der Waals surface area contributed by atoms with Crippen molar-refractivity contribution in [2.75, 3.05) is 13.1 Å². The Morgan fingerprint density at radius 3 is 2.85 bits per heavy atom. The first-order valence-corrected chi connectivity index (χ1v) is 10.3. The van der Waals surface area contributed by atoms with Crippen molar-refractivity contribution in [1.82, 2.24) is 5.01 Å². The van der Waals surface area contributed by atoms with Crippen molar-refractivity contribution in [2.24, 2.45) is 11.3 Å². The summed E-state index contributed by atoms with van der Waals surface area (Å²) < 4.78 is 6.23. The maximum Gasteiger partial charge on any atom is 0.337 e. The predicted molar refractivity (Wildman–Crippen MR) is 107 cm³/mol. The van der Waals surface area contributed by atoms with E-state index in [2.05, 4.69) is 13.8 Å². The Morgan fingerprint density at radius 1 is 1.37 bits per heavy atom. The van der Waals surface area contributed by atoms with Gasteiger partial charge in [-0.25, -0.2) is 9.80 Å². The second-order valence-electron chi connectivity index (χ2n) is 8.37. The highest BCUT2D eigenvalue weighted by Gasteiger charge is 2.34. The summed E-state index contributed by atoms with van der Waals surface area (Å²) in [6, 6.07) is 7.79. The molecule has 1 fully saturated rings. The molecule has 0 bridgehead atoms. The molecule has 144 valence electrons. The quantitative estimate of drug-likeness (QED) is 0.778. The Morgan fingerprint density at radius 2 is 2.15 bits per heavy atom. The lowest BCUT2D eigenvalue weighted by atomic mass is 9.76. The molecule has 0 unspecified atom stereocenters. The highest BCUT2D eigenvalue weighted by Crippen LogP contribution is 2.47. The SMILES string of the molecule is CC1(C)CCc2sc(-c3ccccc3O[C@@H]3CCN(N)C3)c(C(=O)O)c2C1. The minimum Gasteiger partial charge on any atom is -0.488 e. The van der Waals surface area contributed by atoms with Crippen molar-refractivity contribution in [3.63, 3.8) is 0 Å². The van der Waals surface area contributed by atoms with E-state index in [0.29, 0.717) is 12.1 Å². The monoisotopic (exact) mass is 386 g/mol. The second-order valence-corrected chi connectivity index (χ2v) is 9.48. The van der Waals surface area contributed by atoms with Crippen LogP contribution in [0.3, 0.4) is 0 Å². The summed E-state index contributed by atoms with van der Waals surface area (Å²) in [6.07, 6.45) is 3.77. The lowest BCUT2D eigenvalue weighted by Gasteiger charge is -2.29. The normalized spacial score (nSPS) is 21.8. The van der Waals surface area contributed by atoms with E-state index >= 15 is 0 Å². The van der Waals surface area contributed by atoms with E-state index < -0.39 is 5.97 Å². The third kappa shape index (κ3) is 3.61. The average Bonchev–Trinajstić information content (AvgIpc) is 3.17. The number of thiophene rings is 1. The summed E-state index contributed by atoms with van der Waals surface area (Å²) in [6.45, 7) is 5.94. The van der Waals surface area contributed by atoms with Gasteiger partial charge in [0.25, 0.3) is 0 Å². The fourth-order valence-corrected chi connectivity index (χ4v) is 5.46. The molecule has 5 nitrogen and oxygen atoms in total. The minimum atomic E-state index is -0.844. The second kappa shape index (κ2) is 6.93. The van der Waals surface area contributed by atoms with Gasteiger partial charge in [-0.2, -0.15) is 0 Å². The number of carboxylic acid groups (broad SMARTS) is 1. The number of hydrogen-bond donors (Lipinski definition) is 2. The van der Waals surface area contributed by atoms with Crippen LogP contribution in [0.15, 0.2) is 24.3 Å². The van der Waals surface area contributed by atoms with Gasteiger partial charge in [-0.3, -0.25) is 5.84 Å². The third-order valence-corrected chi connectivity index (χ3v) is 6.92. The number of carbonyl (C=O) groups is 1. The first kappa shape index (κ1) is 18.5. The Hall–Kier alpha value is -1.89. The third-order valence-electron chi connectivity index (χ3n) is 5.59. The van der Waals surface area contributed by atoms with Gasteiger partial charge in [0.1, 0.15) is 11.9 Å². The maximum absolute atomic E-state index is 12.2. The van der Waals surface area contributed by atoms with Crippen molar-refractivity contribution in [3.05, 3.63) is 40.3 Å². The first-order chi connectivity index (χ1) is 12.8. The topological polar surface area (TPSA) is 75.8 Å². The Balaban J connectivity index is 1.76. The summed E-state index contributed by atoms with van der Waals surface area (Å²) in [4.78, 5) is 14.2. The van der Waals surface area contributed by atoms with Crippen LogP contribution in [0.4, 0.5) is 0 Å². The van der Waals surface area contributed by atoms with Gasteiger partial charge < -0.3 is 9.84 Å². The molecule has 1 aliphatic heterocycles. The van der Waals surface area contributed by atoms with Crippen molar-refractivity contribution in [2.45, 2.75) is 45.6 Å². The van der Waals surface area contributed by atoms with Gasteiger partial charge in [-0.1, -0.05) is 26.0 Å². The zero-order valence-electron chi connectivity index (χ0n) is 15.8. The molecule has 0 radical (unpaired) electrons. The van der Waals surface area contributed by atoms with Gasteiger partial charge in [-0.15, -0.1) is 11.3 Å². The zero-order valence-corrected chi connectivity index (χ0v) is 16.6. The summed E-state index contributed by atoms with van der Waals surface area (Å²) in [7, 11) is 0. The van der Waals surface area contributed by atoms with Crippen LogP contribution in [0, 0.1) is 5.41 Å². The molecule has 1 aromatic carbocycles. The number of benzene rings is 1. The van der Waals surface area contributed by atoms with E-state index in [0.717, 1.165) is 54.0 Å². The fourth-order valence-electron chi connectivity index (χ4n) is 4.12. The molecule has 0 amide bonds. The van der Waals surface area contributed by atoms with Gasteiger partial charge in [0, 0.05) is 23.5 Å². The number of hydrazine groups is 1. The largest absolute Gasteiger partial charge is 0.488 e. The summed E-state index contributed by atoms with van der Waals surface area (Å²) in [5.74, 6) is 5.77. The predicted octanol–water partition coefficient (Wildman–Crippen LogP) is 3.96. The highest BCUT2D eigenvalue weighted by molar-refractivity contribution is 7.16. The summed E-state index contributed by atoms with van der Waals surface area (Å²) in [5, 5.41) is 11.8. The molecule has 2 aliphatic rings. The number of nitrogens with two attached hydrogens (primary N) is 1. The van der Waals surface area contributed by atoms with Crippen LogP contribution >= 0.6 is 11.3 Å². The van der Waals surface area contributed by atoms with Gasteiger partial charge >= 0.3 is 5.97 Å². The van der Waals surface area contributed by atoms with Crippen molar-refractivity contribution >= 4 is 17.3 Å². The summed E-state index contributed by atoms with van der Waals surface area (Å²) in [5.41, 5.74) is 2.50. The number of para-hydroxylation sites is 1. The van der Waals surface area contributed by atoms with Crippen LogP contribution < -0.4 is 10.6 Å². The van der Waals surface area contributed by atoms with Crippen LogP contribution in [-0.2, 0) is 12.8 Å². The average molecular weight is 387 g/mol. The molecule has 27 heavy (non-hydrogen) atoms. The first-order valence-electron chi connectivity index (χ1n) is 9.47. The number of rotatable bonds is 4. The van der Waals surface area contributed by atoms with E-state index in [4.69, 9.17) is 10.6 Å². The molecule has 2 heterocycles.